The summed E-state index contributed by atoms with van der Waals surface area (Å²) in [7, 11) is 0. The molecule has 4 aliphatic carbocycles. The van der Waals surface area contributed by atoms with Crippen molar-refractivity contribution < 1.29 is 19.4 Å². The third-order valence-electron chi connectivity index (χ3n) is 8.96. The van der Waals surface area contributed by atoms with Gasteiger partial charge in [0.1, 0.15) is 6.10 Å². The molecule has 4 nitrogen and oxygen atoms in total. The molecule has 4 aliphatic rings. The zero-order chi connectivity index (χ0) is 20.4. The molecule has 0 radical (unpaired) electrons. The normalized spacial score (nSPS) is 47.4. The lowest BCUT2D eigenvalue weighted by atomic mass is 9.44. The lowest BCUT2D eigenvalue weighted by Crippen LogP contribution is -2.55. The number of hydrogen-bond acceptors (Lipinski definition) is 4. The fourth-order valence-electron chi connectivity index (χ4n) is 7.64. The second-order valence-electron chi connectivity index (χ2n) is 10.3. The van der Waals surface area contributed by atoms with E-state index in [0.717, 1.165) is 43.4 Å². The molecule has 0 aromatic carbocycles. The number of allylic oxidation sites excluding steroid dienone is 1. The van der Waals surface area contributed by atoms with Gasteiger partial charge in [0.25, 0.3) is 0 Å². The molecule has 0 heterocycles. The van der Waals surface area contributed by atoms with Gasteiger partial charge >= 0.3 is 6.16 Å². The molecule has 2 unspecified atom stereocenters. The van der Waals surface area contributed by atoms with Gasteiger partial charge in [-0.25, -0.2) is 4.79 Å². The number of rotatable bonds is 2. The van der Waals surface area contributed by atoms with Crippen molar-refractivity contribution in [2.45, 2.75) is 72.3 Å². The molecule has 0 aromatic rings. The lowest BCUT2D eigenvalue weighted by Gasteiger charge is -2.60. The first-order valence-corrected chi connectivity index (χ1v) is 11.1. The third kappa shape index (κ3) is 2.79. The maximum absolute atomic E-state index is 12.5. The monoisotopic (exact) mass is 404 g/mol. The Labute approximate surface area is 173 Å². The topological polar surface area (TPSA) is 63.6 Å². The first kappa shape index (κ1) is 20.1. The molecular weight excluding hydrogens is 372 g/mol. The standard InChI is InChI=1S/C23H32O4S/c1-12-11-23(4)17-7-8-22(3)16(5-6-20(22)27-21(25)26)15(17)9-14(13(2)28)18(23)10-19(12)24/h10,12,14-17,20H,5-9,11H2,1-4H3,(H,25,26)/t12?,14?,15-,16-,17-,20-,22-,23+/m0/s1. The first-order valence-electron chi connectivity index (χ1n) is 10.7. The molecule has 5 heteroatoms. The van der Waals surface area contributed by atoms with Crippen LogP contribution in [0.5, 0.6) is 0 Å². The van der Waals surface area contributed by atoms with Crippen molar-refractivity contribution in [1.29, 1.82) is 0 Å². The molecule has 0 aromatic heterocycles. The van der Waals surface area contributed by atoms with E-state index in [1.807, 2.05) is 13.0 Å². The first-order chi connectivity index (χ1) is 13.1. The smallest absolute Gasteiger partial charge is 0.450 e. The molecule has 28 heavy (non-hydrogen) atoms. The maximum Gasteiger partial charge on any atom is 0.506 e. The van der Waals surface area contributed by atoms with Gasteiger partial charge in [0.15, 0.2) is 5.78 Å². The minimum absolute atomic E-state index is 0.0219. The fourth-order valence-corrected chi connectivity index (χ4v) is 7.86. The van der Waals surface area contributed by atoms with Crippen molar-refractivity contribution in [2.24, 2.45) is 40.4 Å². The van der Waals surface area contributed by atoms with E-state index in [9.17, 15) is 14.7 Å². The van der Waals surface area contributed by atoms with E-state index in [1.165, 1.54) is 5.57 Å². The van der Waals surface area contributed by atoms with Crippen molar-refractivity contribution in [3.05, 3.63) is 11.6 Å². The summed E-state index contributed by atoms with van der Waals surface area (Å²) in [6.45, 7) is 8.70. The van der Waals surface area contributed by atoms with Crippen molar-refractivity contribution in [3.63, 3.8) is 0 Å². The van der Waals surface area contributed by atoms with Gasteiger partial charge in [0, 0.05) is 17.3 Å². The van der Waals surface area contributed by atoms with Crippen LogP contribution in [0.25, 0.3) is 0 Å². The predicted octanol–water partition coefficient (Wildman–Crippen LogP) is 5.44. The fraction of sp³-hybridized carbons (Fsp3) is 0.783. The molecule has 0 spiro atoms. The summed E-state index contributed by atoms with van der Waals surface area (Å²) in [4.78, 5) is 24.7. The number of fused-ring (bicyclic) bond motifs is 5. The number of hydrogen-bond donors (Lipinski definition) is 1. The minimum Gasteiger partial charge on any atom is -0.450 e. The number of ether oxygens (including phenoxy) is 1. The molecule has 3 fully saturated rings. The number of carbonyl (C=O) groups excluding carboxylic acids is 1. The molecule has 8 atom stereocenters. The van der Waals surface area contributed by atoms with Crippen LogP contribution in [0.15, 0.2) is 11.6 Å². The van der Waals surface area contributed by atoms with Crippen LogP contribution in [-0.2, 0) is 9.53 Å². The summed E-state index contributed by atoms with van der Waals surface area (Å²) >= 11 is 5.67. The molecule has 0 bridgehead atoms. The van der Waals surface area contributed by atoms with Gasteiger partial charge in [-0.3, -0.25) is 4.79 Å². The highest BCUT2D eigenvalue weighted by Crippen LogP contribution is 2.67. The van der Waals surface area contributed by atoms with Gasteiger partial charge in [0.2, 0.25) is 0 Å². The predicted molar refractivity (Wildman–Crippen MR) is 111 cm³/mol. The minimum atomic E-state index is -1.15. The highest BCUT2D eigenvalue weighted by Gasteiger charge is 2.62. The van der Waals surface area contributed by atoms with E-state index in [4.69, 9.17) is 17.0 Å². The summed E-state index contributed by atoms with van der Waals surface area (Å²) in [5.41, 5.74) is 1.23. The molecule has 3 saturated carbocycles. The average Bonchev–Trinajstić information content (AvgIpc) is 2.92. The van der Waals surface area contributed by atoms with Gasteiger partial charge in [0.05, 0.1) is 0 Å². The Morgan fingerprint density at radius 1 is 1.25 bits per heavy atom. The Bertz CT molecular complexity index is 758. The second-order valence-corrected chi connectivity index (χ2v) is 10.9. The average molecular weight is 405 g/mol. The largest absolute Gasteiger partial charge is 0.506 e. The van der Waals surface area contributed by atoms with Crippen molar-refractivity contribution in [1.82, 2.24) is 0 Å². The van der Waals surface area contributed by atoms with Gasteiger partial charge < -0.3 is 9.84 Å². The highest BCUT2D eigenvalue weighted by molar-refractivity contribution is 7.80. The summed E-state index contributed by atoms with van der Waals surface area (Å²) in [5, 5.41) is 9.20. The van der Waals surface area contributed by atoms with E-state index in [2.05, 4.69) is 20.8 Å². The molecular formula is C23H32O4S. The summed E-state index contributed by atoms with van der Waals surface area (Å²) in [6, 6.07) is 0. The molecule has 4 rings (SSSR count). The quantitative estimate of drug-likeness (QED) is 0.490. The Morgan fingerprint density at radius 2 is 1.96 bits per heavy atom. The molecule has 0 saturated heterocycles. The number of carboxylic acid groups (broad SMARTS) is 1. The molecule has 0 aliphatic heterocycles. The number of ketones is 1. The van der Waals surface area contributed by atoms with Crippen molar-refractivity contribution in [2.75, 3.05) is 0 Å². The van der Waals surface area contributed by atoms with Crippen LogP contribution < -0.4 is 0 Å². The second kappa shape index (κ2) is 6.65. The van der Waals surface area contributed by atoms with Crippen molar-refractivity contribution in [3.8, 4) is 0 Å². The molecule has 1 N–H and O–H groups in total. The van der Waals surface area contributed by atoms with E-state index in [0.29, 0.717) is 17.8 Å². The van der Waals surface area contributed by atoms with E-state index in [-0.39, 0.29) is 34.6 Å². The van der Waals surface area contributed by atoms with Crippen LogP contribution in [0.1, 0.15) is 66.2 Å². The number of thiocarbonyl (C=S) groups is 1. The number of carbonyl (C=O) groups is 2. The van der Waals surface area contributed by atoms with Crippen LogP contribution in [0.3, 0.4) is 0 Å². The van der Waals surface area contributed by atoms with Gasteiger partial charge in [-0.2, -0.15) is 0 Å². The van der Waals surface area contributed by atoms with Crippen LogP contribution in [-0.4, -0.2) is 28.0 Å². The van der Waals surface area contributed by atoms with Crippen LogP contribution in [0, 0.1) is 40.4 Å². The van der Waals surface area contributed by atoms with Gasteiger partial charge in [-0.1, -0.05) is 38.6 Å². The Morgan fingerprint density at radius 3 is 2.61 bits per heavy atom. The van der Waals surface area contributed by atoms with Crippen LogP contribution in [0.4, 0.5) is 4.79 Å². The van der Waals surface area contributed by atoms with E-state index < -0.39 is 6.16 Å². The van der Waals surface area contributed by atoms with E-state index >= 15 is 0 Å². The third-order valence-corrected chi connectivity index (χ3v) is 9.24. The lowest BCUT2D eigenvalue weighted by molar-refractivity contribution is -0.123. The van der Waals surface area contributed by atoms with Crippen molar-refractivity contribution >= 4 is 29.0 Å². The summed E-state index contributed by atoms with van der Waals surface area (Å²) in [6.07, 6.45) is 6.44. The SMILES string of the molecule is CC(=S)C1C[C@H]2[C@@H]3CC[C@H](OC(=O)O)[C@@]3(C)CC[C@@H]2[C@@]2(C)CC(C)C(=O)C=C12. The zero-order valence-corrected chi connectivity index (χ0v) is 18.2. The maximum atomic E-state index is 12.5. The summed E-state index contributed by atoms with van der Waals surface area (Å²) in [5.74, 6) is 2.05. The van der Waals surface area contributed by atoms with Crippen LogP contribution in [0.2, 0.25) is 0 Å². The van der Waals surface area contributed by atoms with Crippen LogP contribution >= 0.6 is 12.2 Å². The molecule has 154 valence electrons. The summed E-state index contributed by atoms with van der Waals surface area (Å²) < 4.78 is 5.34. The Kier molecular flexibility index (Phi) is 4.76. The van der Waals surface area contributed by atoms with E-state index in [1.54, 1.807) is 0 Å². The molecule has 0 amide bonds. The Hall–Kier alpha value is -1.23. The van der Waals surface area contributed by atoms with Gasteiger partial charge in [-0.15, -0.1) is 0 Å². The highest BCUT2D eigenvalue weighted by atomic mass is 32.1. The Balaban J connectivity index is 1.73. The zero-order valence-electron chi connectivity index (χ0n) is 17.4. The van der Waals surface area contributed by atoms with Gasteiger partial charge in [-0.05, 0) is 79.6 Å².